The first-order valence-corrected chi connectivity index (χ1v) is 10.6. The van der Waals surface area contributed by atoms with Gasteiger partial charge in [0.2, 0.25) is 0 Å². The SMILES string of the molecule is O=C(Nc1ccc(Cl)cc1Cl)c1nn2c(c1Cl)N[C@H](c1cccs1)C[C@H]2C(F)(F)F. The zero-order valence-corrected chi connectivity index (χ0v) is 17.9. The molecule has 0 radical (unpaired) electrons. The molecule has 0 saturated carbocycles. The summed E-state index contributed by atoms with van der Waals surface area (Å²) < 4.78 is 42.0. The Kier molecular flexibility index (Phi) is 5.65. The van der Waals surface area contributed by atoms with Crippen molar-refractivity contribution in [3.05, 3.63) is 61.4 Å². The summed E-state index contributed by atoms with van der Waals surface area (Å²) in [6.07, 6.45) is -4.85. The maximum absolute atomic E-state index is 13.8. The maximum atomic E-state index is 13.8. The Hall–Kier alpha value is -1.94. The van der Waals surface area contributed by atoms with E-state index < -0.39 is 24.2 Å². The molecule has 0 aliphatic carbocycles. The molecule has 2 N–H and O–H groups in total. The summed E-state index contributed by atoms with van der Waals surface area (Å²) in [6.45, 7) is 0. The number of alkyl halides is 3. The molecule has 3 aromatic rings. The van der Waals surface area contributed by atoms with Gasteiger partial charge < -0.3 is 10.6 Å². The highest BCUT2D eigenvalue weighted by atomic mass is 35.5. The highest BCUT2D eigenvalue weighted by molar-refractivity contribution is 7.10. The second kappa shape index (κ2) is 7.96. The first-order valence-electron chi connectivity index (χ1n) is 8.56. The van der Waals surface area contributed by atoms with Gasteiger partial charge >= 0.3 is 6.18 Å². The van der Waals surface area contributed by atoms with E-state index in [2.05, 4.69) is 15.7 Å². The number of carbonyl (C=O) groups excluding carboxylic acids is 1. The largest absolute Gasteiger partial charge is 0.410 e. The molecule has 5 nitrogen and oxygen atoms in total. The quantitative estimate of drug-likeness (QED) is 0.419. The van der Waals surface area contributed by atoms with Gasteiger partial charge in [0.1, 0.15) is 10.8 Å². The van der Waals surface area contributed by atoms with Crippen molar-refractivity contribution < 1.29 is 18.0 Å². The van der Waals surface area contributed by atoms with E-state index in [0.717, 1.165) is 9.56 Å². The highest BCUT2D eigenvalue weighted by Crippen LogP contribution is 2.47. The van der Waals surface area contributed by atoms with Gasteiger partial charge in [-0.1, -0.05) is 40.9 Å². The van der Waals surface area contributed by atoms with Crippen LogP contribution < -0.4 is 10.6 Å². The third kappa shape index (κ3) is 3.99. The van der Waals surface area contributed by atoms with Gasteiger partial charge in [-0.2, -0.15) is 18.3 Å². The number of hydrogen-bond donors (Lipinski definition) is 2. The van der Waals surface area contributed by atoms with Crippen LogP contribution in [0, 0.1) is 0 Å². The second-order valence-electron chi connectivity index (χ2n) is 6.54. The molecule has 1 aliphatic rings. The number of amides is 1. The fraction of sp³-hybridized carbons (Fsp3) is 0.222. The van der Waals surface area contributed by atoms with E-state index in [4.69, 9.17) is 34.8 Å². The molecule has 1 aliphatic heterocycles. The second-order valence-corrected chi connectivity index (χ2v) is 8.74. The molecule has 3 heterocycles. The monoisotopic (exact) mass is 494 g/mol. The lowest BCUT2D eigenvalue weighted by Crippen LogP contribution is -2.35. The van der Waals surface area contributed by atoms with Crippen molar-refractivity contribution in [1.29, 1.82) is 0 Å². The summed E-state index contributed by atoms with van der Waals surface area (Å²) in [4.78, 5) is 13.4. The van der Waals surface area contributed by atoms with Crippen LogP contribution in [0.15, 0.2) is 35.7 Å². The Balaban J connectivity index is 1.70. The average molecular weight is 496 g/mol. The van der Waals surface area contributed by atoms with Gasteiger partial charge in [-0.15, -0.1) is 11.3 Å². The summed E-state index contributed by atoms with van der Waals surface area (Å²) in [5.74, 6) is -0.850. The molecule has 0 unspecified atom stereocenters. The van der Waals surface area contributed by atoms with Crippen LogP contribution in [0.3, 0.4) is 0 Å². The van der Waals surface area contributed by atoms with Crippen LogP contribution in [-0.4, -0.2) is 21.9 Å². The minimum absolute atomic E-state index is 0.0593. The Labute approximate surface area is 187 Å². The summed E-state index contributed by atoms with van der Waals surface area (Å²) >= 11 is 19.5. The number of halogens is 6. The number of aromatic nitrogens is 2. The highest BCUT2D eigenvalue weighted by Gasteiger charge is 2.48. The lowest BCUT2D eigenvalue weighted by atomic mass is 10.0. The standard InChI is InChI=1S/C18H12Cl3F3N4OS/c19-8-3-4-10(9(20)6-8)26-17(29)15-14(21)16-25-11(12-2-1-5-30-12)7-13(18(22,23)24)28(16)27-15/h1-6,11,13,25H,7H2,(H,26,29)/t11-,13-/m0/s1. The van der Waals surface area contributed by atoms with Crippen molar-refractivity contribution in [3.63, 3.8) is 0 Å². The zero-order valence-electron chi connectivity index (χ0n) is 14.8. The predicted molar refractivity (Wildman–Crippen MR) is 112 cm³/mol. The fourth-order valence-electron chi connectivity index (χ4n) is 3.18. The Morgan fingerprint density at radius 2 is 2.03 bits per heavy atom. The Morgan fingerprint density at radius 1 is 1.27 bits per heavy atom. The molecular formula is C18H12Cl3F3N4OS. The van der Waals surface area contributed by atoms with Gasteiger partial charge in [-0.05, 0) is 29.6 Å². The van der Waals surface area contributed by atoms with E-state index in [0.29, 0.717) is 5.02 Å². The minimum atomic E-state index is -4.57. The number of fused-ring (bicyclic) bond motifs is 1. The molecule has 2 atom stereocenters. The first kappa shape index (κ1) is 21.3. The Bertz CT molecular complexity index is 1100. The molecule has 0 fully saturated rings. The molecule has 30 heavy (non-hydrogen) atoms. The van der Waals surface area contributed by atoms with Crippen molar-refractivity contribution in [2.45, 2.75) is 24.7 Å². The molecule has 4 rings (SSSR count). The molecule has 0 saturated heterocycles. The smallest absolute Gasteiger partial charge is 0.361 e. The Morgan fingerprint density at radius 3 is 2.67 bits per heavy atom. The van der Waals surface area contributed by atoms with E-state index in [1.54, 1.807) is 17.5 Å². The van der Waals surface area contributed by atoms with Crippen LogP contribution >= 0.6 is 46.1 Å². The van der Waals surface area contributed by atoms with Crippen LogP contribution in [0.1, 0.15) is 33.9 Å². The van der Waals surface area contributed by atoms with Gasteiger partial charge in [-0.25, -0.2) is 4.68 Å². The third-order valence-corrected chi connectivity index (χ3v) is 6.47. The normalized spacial score (nSPS) is 18.6. The van der Waals surface area contributed by atoms with Gasteiger partial charge in [0.25, 0.3) is 5.91 Å². The number of rotatable bonds is 3. The lowest BCUT2D eigenvalue weighted by Gasteiger charge is -2.32. The summed E-state index contributed by atoms with van der Waals surface area (Å²) in [7, 11) is 0. The van der Waals surface area contributed by atoms with E-state index >= 15 is 0 Å². The van der Waals surface area contributed by atoms with Crippen LogP contribution in [0.4, 0.5) is 24.7 Å². The van der Waals surface area contributed by atoms with Gasteiger partial charge in [0.15, 0.2) is 11.7 Å². The predicted octanol–water partition coefficient (Wildman–Crippen LogP) is 6.82. The molecule has 0 bridgehead atoms. The van der Waals surface area contributed by atoms with E-state index in [-0.39, 0.29) is 33.7 Å². The fourth-order valence-corrected chi connectivity index (χ4v) is 4.69. The molecule has 0 spiro atoms. The van der Waals surface area contributed by atoms with E-state index in [1.165, 1.54) is 29.5 Å². The topological polar surface area (TPSA) is 59.0 Å². The van der Waals surface area contributed by atoms with E-state index in [1.807, 2.05) is 0 Å². The van der Waals surface area contributed by atoms with Crippen molar-refractivity contribution in [1.82, 2.24) is 9.78 Å². The summed E-state index contributed by atoms with van der Waals surface area (Å²) in [6, 6.07) is 5.36. The van der Waals surface area contributed by atoms with Crippen LogP contribution in [0.2, 0.25) is 15.1 Å². The minimum Gasteiger partial charge on any atom is -0.361 e. The average Bonchev–Trinajstić information content (AvgIpc) is 3.31. The van der Waals surface area contributed by atoms with Crippen molar-refractivity contribution in [2.75, 3.05) is 10.6 Å². The van der Waals surface area contributed by atoms with Crippen LogP contribution in [0.25, 0.3) is 0 Å². The summed E-state index contributed by atoms with van der Waals surface area (Å²) in [5.41, 5.74) is -0.115. The number of thiophene rings is 1. The number of anilines is 2. The van der Waals surface area contributed by atoms with Crippen molar-refractivity contribution in [3.8, 4) is 0 Å². The lowest BCUT2D eigenvalue weighted by molar-refractivity contribution is -0.173. The molecule has 158 valence electrons. The maximum Gasteiger partial charge on any atom is 0.410 e. The van der Waals surface area contributed by atoms with E-state index in [9.17, 15) is 18.0 Å². The zero-order chi connectivity index (χ0) is 21.6. The third-order valence-electron chi connectivity index (χ3n) is 4.58. The number of carbonyl (C=O) groups is 1. The number of benzene rings is 1. The van der Waals surface area contributed by atoms with Gasteiger partial charge in [0.05, 0.1) is 16.8 Å². The molecule has 12 heteroatoms. The number of nitrogens with zero attached hydrogens (tertiary/aromatic N) is 2. The van der Waals surface area contributed by atoms with Crippen LogP contribution in [0.5, 0.6) is 0 Å². The van der Waals surface area contributed by atoms with Crippen molar-refractivity contribution >= 4 is 63.6 Å². The first-order chi connectivity index (χ1) is 14.1. The van der Waals surface area contributed by atoms with Crippen LogP contribution in [-0.2, 0) is 0 Å². The van der Waals surface area contributed by atoms with Crippen molar-refractivity contribution in [2.24, 2.45) is 0 Å². The molecule has 2 aromatic heterocycles. The summed E-state index contributed by atoms with van der Waals surface area (Å²) in [5, 5.41) is 11.5. The molecular weight excluding hydrogens is 484 g/mol. The van der Waals surface area contributed by atoms with Gasteiger partial charge in [0, 0.05) is 16.3 Å². The number of nitrogens with one attached hydrogen (secondary N) is 2. The van der Waals surface area contributed by atoms with Gasteiger partial charge in [-0.3, -0.25) is 4.79 Å². The number of hydrogen-bond acceptors (Lipinski definition) is 4. The molecule has 1 aromatic carbocycles. The molecule has 1 amide bonds.